The molecule has 1 aromatic carbocycles. The van der Waals surface area contributed by atoms with E-state index in [9.17, 15) is 4.79 Å². The van der Waals surface area contributed by atoms with E-state index in [-0.39, 0.29) is 5.91 Å². The van der Waals surface area contributed by atoms with Crippen molar-refractivity contribution in [1.82, 2.24) is 10.2 Å². The number of nitrogens with two attached hydrogens (primary N) is 1. The lowest BCUT2D eigenvalue weighted by molar-refractivity contribution is 0.0928. The number of amides is 1. The quantitative estimate of drug-likeness (QED) is 0.856. The average molecular weight is 313 g/mol. The Labute approximate surface area is 133 Å². The van der Waals surface area contributed by atoms with Gasteiger partial charge in [0.2, 0.25) is 0 Å². The highest BCUT2D eigenvalue weighted by atomic mass is 32.1. The van der Waals surface area contributed by atoms with E-state index < -0.39 is 0 Å². The molecule has 2 fully saturated rings. The minimum Gasteiger partial charge on any atom is -0.398 e. The summed E-state index contributed by atoms with van der Waals surface area (Å²) < 4.78 is 0. The van der Waals surface area contributed by atoms with Gasteiger partial charge in [0.05, 0.1) is 4.88 Å². The molecule has 2 aliphatic rings. The van der Waals surface area contributed by atoms with Crippen LogP contribution in [-0.4, -0.2) is 36.5 Å². The number of nitrogens with zero attached hydrogens (tertiary/aromatic N) is 1. The molecule has 3 atom stereocenters. The maximum Gasteiger partial charge on any atom is 0.261 e. The molecule has 2 aliphatic heterocycles. The van der Waals surface area contributed by atoms with Crippen molar-refractivity contribution in [3.8, 4) is 10.4 Å². The van der Waals surface area contributed by atoms with Crippen molar-refractivity contribution in [2.24, 2.45) is 5.92 Å². The molecule has 3 N–H and O–H groups in total. The van der Waals surface area contributed by atoms with E-state index in [2.05, 4.69) is 10.2 Å². The van der Waals surface area contributed by atoms with Crippen LogP contribution in [0.25, 0.3) is 10.4 Å². The topological polar surface area (TPSA) is 58.4 Å². The summed E-state index contributed by atoms with van der Waals surface area (Å²) in [5, 5.41) is 3.20. The Morgan fingerprint density at radius 1 is 1.23 bits per heavy atom. The lowest BCUT2D eigenvalue weighted by Crippen LogP contribution is -2.42. The van der Waals surface area contributed by atoms with Gasteiger partial charge in [-0.1, -0.05) is 18.2 Å². The third kappa shape index (κ3) is 2.40. The first-order valence-corrected chi connectivity index (χ1v) is 8.50. The van der Waals surface area contributed by atoms with Crippen molar-refractivity contribution in [3.63, 3.8) is 0 Å². The molecule has 1 amide bonds. The molecule has 2 bridgehead atoms. The minimum absolute atomic E-state index is 0.0458. The minimum atomic E-state index is 0.0458. The second-order valence-electron chi connectivity index (χ2n) is 6.14. The van der Waals surface area contributed by atoms with Gasteiger partial charge in [-0.05, 0) is 37.1 Å². The Hall–Kier alpha value is -1.85. The summed E-state index contributed by atoms with van der Waals surface area (Å²) in [6.45, 7) is 3.33. The molecule has 1 unspecified atom stereocenters. The van der Waals surface area contributed by atoms with Gasteiger partial charge in [-0.15, -0.1) is 11.3 Å². The molecule has 4 nitrogen and oxygen atoms in total. The Morgan fingerprint density at radius 2 is 2.09 bits per heavy atom. The first-order chi connectivity index (χ1) is 10.7. The fourth-order valence-corrected chi connectivity index (χ4v) is 4.47. The van der Waals surface area contributed by atoms with Crippen molar-refractivity contribution >= 4 is 22.9 Å². The van der Waals surface area contributed by atoms with Crippen LogP contribution in [0.1, 0.15) is 16.1 Å². The van der Waals surface area contributed by atoms with Crippen LogP contribution in [-0.2, 0) is 0 Å². The highest BCUT2D eigenvalue weighted by Gasteiger charge is 2.38. The predicted octanol–water partition coefficient (Wildman–Crippen LogP) is 2.43. The zero-order valence-corrected chi connectivity index (χ0v) is 13.1. The molecule has 0 spiro atoms. The van der Waals surface area contributed by atoms with Crippen molar-refractivity contribution in [2.75, 3.05) is 25.4 Å². The summed E-state index contributed by atoms with van der Waals surface area (Å²) in [7, 11) is 0. The summed E-state index contributed by atoms with van der Waals surface area (Å²) in [5.41, 5.74) is 7.76. The summed E-state index contributed by atoms with van der Waals surface area (Å²) in [6.07, 6.45) is 1.21. The molecular formula is C17H19N3OS. The van der Waals surface area contributed by atoms with Crippen molar-refractivity contribution < 1.29 is 4.79 Å². The molecule has 3 heterocycles. The number of rotatable bonds is 3. The summed E-state index contributed by atoms with van der Waals surface area (Å²) in [4.78, 5) is 16.7. The molecule has 22 heavy (non-hydrogen) atoms. The molecule has 0 radical (unpaired) electrons. The number of hydrogen-bond donors (Lipinski definition) is 2. The highest BCUT2D eigenvalue weighted by Crippen LogP contribution is 2.33. The molecule has 5 heteroatoms. The maximum absolute atomic E-state index is 12.5. The first-order valence-electron chi connectivity index (χ1n) is 7.68. The number of fused-ring (bicyclic) bond motifs is 2. The number of nitrogen functional groups attached to an aromatic ring is 1. The third-order valence-corrected chi connectivity index (χ3v) is 5.82. The van der Waals surface area contributed by atoms with Crippen LogP contribution in [0.4, 0.5) is 5.69 Å². The largest absolute Gasteiger partial charge is 0.398 e. The van der Waals surface area contributed by atoms with Crippen molar-refractivity contribution in [1.29, 1.82) is 0 Å². The molecule has 2 saturated heterocycles. The number of carbonyl (C=O) groups excluding carboxylic acids is 1. The van der Waals surface area contributed by atoms with Gasteiger partial charge < -0.3 is 16.0 Å². The number of thiophene rings is 1. The second kappa shape index (κ2) is 5.41. The smallest absolute Gasteiger partial charge is 0.261 e. The molecule has 0 aliphatic carbocycles. The average Bonchev–Trinajstić information content (AvgIpc) is 3.24. The summed E-state index contributed by atoms with van der Waals surface area (Å²) in [6, 6.07) is 12.0. The fraction of sp³-hybridized carbons (Fsp3) is 0.353. The number of hydrogen-bond acceptors (Lipinski definition) is 4. The van der Waals surface area contributed by atoms with Crippen molar-refractivity contribution in [2.45, 2.75) is 12.5 Å². The normalized spacial score (nSPS) is 26.3. The SMILES string of the molecule is Nc1ccccc1-c1ccc(C(=O)N[C@H]2CN3CC[C@@H]2C3)s1. The summed E-state index contributed by atoms with van der Waals surface area (Å²) in [5.74, 6) is 0.678. The predicted molar refractivity (Wildman–Crippen MR) is 90.0 cm³/mol. The number of nitrogens with one attached hydrogen (secondary N) is 1. The third-order valence-electron chi connectivity index (χ3n) is 4.71. The molecule has 0 saturated carbocycles. The van der Waals surface area contributed by atoms with Gasteiger partial charge in [0.15, 0.2) is 0 Å². The Balaban J connectivity index is 1.49. The van der Waals surface area contributed by atoms with Gasteiger partial charge in [-0.25, -0.2) is 0 Å². The number of para-hydroxylation sites is 1. The number of piperidine rings is 1. The van der Waals surface area contributed by atoms with Crippen LogP contribution in [0, 0.1) is 5.92 Å². The zero-order valence-electron chi connectivity index (χ0n) is 12.3. The molecular weight excluding hydrogens is 294 g/mol. The van der Waals surface area contributed by atoms with Gasteiger partial charge in [0.25, 0.3) is 5.91 Å². The molecule has 4 rings (SSSR count). The molecule has 2 aromatic rings. The van der Waals surface area contributed by atoms with Crippen LogP contribution >= 0.6 is 11.3 Å². The Morgan fingerprint density at radius 3 is 2.82 bits per heavy atom. The Bertz CT molecular complexity index is 711. The van der Waals surface area contributed by atoms with E-state index >= 15 is 0 Å². The van der Waals surface area contributed by atoms with Gasteiger partial charge in [-0.3, -0.25) is 4.79 Å². The highest BCUT2D eigenvalue weighted by molar-refractivity contribution is 7.17. The van der Waals surface area contributed by atoms with Crippen LogP contribution < -0.4 is 11.1 Å². The summed E-state index contributed by atoms with van der Waals surface area (Å²) >= 11 is 1.51. The van der Waals surface area contributed by atoms with E-state index in [1.54, 1.807) is 0 Å². The Kier molecular flexibility index (Phi) is 3.39. The molecule has 114 valence electrons. The standard InChI is InChI=1S/C17H19N3OS/c18-13-4-2-1-3-12(13)15-5-6-16(22-15)17(21)19-14-10-20-8-7-11(14)9-20/h1-6,11,14H,7-10,18H2,(H,19,21)/t11-,14+/m1/s1. The zero-order chi connectivity index (χ0) is 15.1. The van der Waals surface area contributed by atoms with E-state index in [0.717, 1.165) is 34.1 Å². The van der Waals surface area contributed by atoms with Crippen LogP contribution in [0.2, 0.25) is 0 Å². The van der Waals surface area contributed by atoms with Crippen LogP contribution in [0.15, 0.2) is 36.4 Å². The molecule has 1 aromatic heterocycles. The van der Waals surface area contributed by atoms with Gasteiger partial charge in [-0.2, -0.15) is 0 Å². The van der Waals surface area contributed by atoms with Gasteiger partial charge >= 0.3 is 0 Å². The number of benzene rings is 1. The number of carbonyl (C=O) groups is 1. The van der Waals surface area contributed by atoms with E-state index in [1.807, 2.05) is 36.4 Å². The van der Waals surface area contributed by atoms with Gasteiger partial charge in [0.1, 0.15) is 0 Å². The number of anilines is 1. The monoisotopic (exact) mass is 313 g/mol. The second-order valence-corrected chi connectivity index (χ2v) is 7.22. The lowest BCUT2D eigenvalue weighted by Gasteiger charge is -2.22. The van der Waals surface area contributed by atoms with E-state index in [0.29, 0.717) is 12.0 Å². The van der Waals surface area contributed by atoms with Crippen molar-refractivity contribution in [3.05, 3.63) is 41.3 Å². The van der Waals surface area contributed by atoms with Crippen LogP contribution in [0.3, 0.4) is 0 Å². The van der Waals surface area contributed by atoms with Gasteiger partial charge in [0, 0.05) is 35.3 Å². The first kappa shape index (κ1) is 13.8. The maximum atomic E-state index is 12.5. The lowest BCUT2D eigenvalue weighted by atomic mass is 10.00. The van der Waals surface area contributed by atoms with E-state index in [4.69, 9.17) is 5.73 Å². The fourth-order valence-electron chi connectivity index (χ4n) is 3.51. The van der Waals surface area contributed by atoms with Crippen LogP contribution in [0.5, 0.6) is 0 Å². The van der Waals surface area contributed by atoms with E-state index in [1.165, 1.54) is 24.3 Å².